The number of rotatable bonds is 5. The summed E-state index contributed by atoms with van der Waals surface area (Å²) in [6.45, 7) is 4.24. The van der Waals surface area contributed by atoms with E-state index in [1.54, 1.807) is 11.8 Å². The Kier molecular flexibility index (Phi) is 4.85. The van der Waals surface area contributed by atoms with E-state index in [-0.39, 0.29) is 6.42 Å². The Bertz CT molecular complexity index is 603. The highest BCUT2D eigenvalue weighted by molar-refractivity contribution is 7.98. The van der Waals surface area contributed by atoms with Gasteiger partial charge in [-0.3, -0.25) is 4.79 Å². The smallest absolute Gasteiger partial charge is 0.307 e. The summed E-state index contributed by atoms with van der Waals surface area (Å²) in [7, 11) is 0. The number of carboxylic acid groups (broad SMARTS) is 1. The maximum atomic E-state index is 10.6. The molecule has 0 aliphatic rings. The average molecular weight is 286 g/mol. The van der Waals surface area contributed by atoms with Crippen molar-refractivity contribution < 1.29 is 9.90 Å². The van der Waals surface area contributed by atoms with Crippen molar-refractivity contribution in [3.63, 3.8) is 0 Å². The molecule has 0 unspecified atom stereocenters. The monoisotopic (exact) mass is 286 g/mol. The first-order valence-electron chi connectivity index (χ1n) is 6.54. The van der Waals surface area contributed by atoms with Gasteiger partial charge in [-0.1, -0.05) is 35.9 Å². The second kappa shape index (κ2) is 6.62. The van der Waals surface area contributed by atoms with Gasteiger partial charge >= 0.3 is 5.97 Å². The SMILES string of the molecule is Cc1ccc(C)c(CSc2ccc(CC(=O)O)cc2)c1. The van der Waals surface area contributed by atoms with E-state index < -0.39 is 5.97 Å². The molecule has 0 spiro atoms. The molecule has 2 nitrogen and oxygen atoms in total. The molecule has 104 valence electrons. The first-order valence-corrected chi connectivity index (χ1v) is 7.53. The number of aliphatic carboxylic acids is 1. The molecule has 0 fully saturated rings. The molecule has 0 amide bonds. The lowest BCUT2D eigenvalue weighted by atomic mass is 10.1. The number of hydrogen-bond donors (Lipinski definition) is 1. The lowest BCUT2D eigenvalue weighted by Crippen LogP contribution is -1.99. The summed E-state index contributed by atoms with van der Waals surface area (Å²) in [5, 5.41) is 8.74. The van der Waals surface area contributed by atoms with Crippen LogP contribution >= 0.6 is 11.8 Å². The van der Waals surface area contributed by atoms with Gasteiger partial charge in [0, 0.05) is 10.6 Å². The van der Waals surface area contributed by atoms with Crippen LogP contribution in [-0.4, -0.2) is 11.1 Å². The number of benzene rings is 2. The van der Waals surface area contributed by atoms with Gasteiger partial charge in [0.15, 0.2) is 0 Å². The third-order valence-electron chi connectivity index (χ3n) is 3.18. The molecular weight excluding hydrogens is 268 g/mol. The lowest BCUT2D eigenvalue weighted by Gasteiger charge is -2.07. The van der Waals surface area contributed by atoms with Gasteiger partial charge in [0.25, 0.3) is 0 Å². The van der Waals surface area contributed by atoms with Gasteiger partial charge in [0.05, 0.1) is 6.42 Å². The van der Waals surface area contributed by atoms with Crippen molar-refractivity contribution in [3.05, 3.63) is 64.7 Å². The van der Waals surface area contributed by atoms with Gasteiger partial charge in [-0.25, -0.2) is 0 Å². The van der Waals surface area contributed by atoms with Crippen LogP contribution in [0.25, 0.3) is 0 Å². The Morgan fingerprint density at radius 2 is 1.80 bits per heavy atom. The first kappa shape index (κ1) is 14.7. The summed E-state index contributed by atoms with van der Waals surface area (Å²) in [4.78, 5) is 11.8. The quantitative estimate of drug-likeness (QED) is 0.836. The molecule has 0 atom stereocenters. The van der Waals surface area contributed by atoms with Crippen molar-refractivity contribution in [3.8, 4) is 0 Å². The molecule has 0 saturated heterocycles. The molecule has 2 rings (SSSR count). The Morgan fingerprint density at radius 1 is 1.10 bits per heavy atom. The zero-order valence-electron chi connectivity index (χ0n) is 11.7. The largest absolute Gasteiger partial charge is 0.481 e. The molecule has 20 heavy (non-hydrogen) atoms. The zero-order chi connectivity index (χ0) is 14.5. The van der Waals surface area contributed by atoms with E-state index in [0.29, 0.717) is 0 Å². The second-order valence-corrected chi connectivity index (χ2v) is 5.98. The summed E-state index contributed by atoms with van der Waals surface area (Å²) in [6, 6.07) is 14.3. The van der Waals surface area contributed by atoms with Crippen LogP contribution in [0.2, 0.25) is 0 Å². The molecule has 0 saturated carbocycles. The molecule has 2 aromatic carbocycles. The second-order valence-electron chi connectivity index (χ2n) is 4.93. The van der Waals surface area contributed by atoms with E-state index in [0.717, 1.165) is 11.3 Å². The van der Waals surface area contributed by atoms with Crippen LogP contribution < -0.4 is 0 Å². The summed E-state index contributed by atoms with van der Waals surface area (Å²) >= 11 is 1.78. The predicted molar refractivity (Wildman–Crippen MR) is 83.3 cm³/mol. The van der Waals surface area contributed by atoms with Crippen LogP contribution in [-0.2, 0) is 17.0 Å². The van der Waals surface area contributed by atoms with Crippen molar-refractivity contribution in [1.82, 2.24) is 0 Å². The van der Waals surface area contributed by atoms with Crippen molar-refractivity contribution in [2.24, 2.45) is 0 Å². The Balaban J connectivity index is 2.00. The van der Waals surface area contributed by atoms with Gasteiger partial charge in [0.2, 0.25) is 0 Å². The predicted octanol–water partition coefficient (Wildman–Crippen LogP) is 4.22. The summed E-state index contributed by atoms with van der Waals surface area (Å²) in [5.41, 5.74) is 4.78. The van der Waals surface area contributed by atoms with Gasteiger partial charge in [-0.2, -0.15) is 0 Å². The molecule has 3 heteroatoms. The molecular formula is C17H18O2S. The molecule has 0 aliphatic heterocycles. The van der Waals surface area contributed by atoms with Crippen molar-refractivity contribution in [1.29, 1.82) is 0 Å². The minimum atomic E-state index is -0.791. The van der Waals surface area contributed by atoms with Crippen LogP contribution in [0.15, 0.2) is 47.4 Å². The van der Waals surface area contributed by atoms with E-state index in [1.807, 2.05) is 24.3 Å². The number of aryl methyl sites for hydroxylation is 2. The summed E-state index contributed by atoms with van der Waals surface area (Å²) in [5.74, 6) is 0.145. The van der Waals surface area contributed by atoms with Crippen molar-refractivity contribution >= 4 is 17.7 Å². The molecule has 0 radical (unpaired) electrons. The summed E-state index contributed by atoms with van der Waals surface area (Å²) in [6.07, 6.45) is 0.0853. The van der Waals surface area contributed by atoms with Gasteiger partial charge in [-0.05, 0) is 42.7 Å². The standard InChI is InChI=1S/C17H18O2S/c1-12-3-4-13(2)15(9-12)11-20-16-7-5-14(6-8-16)10-17(18)19/h3-9H,10-11H2,1-2H3,(H,18,19). The fraction of sp³-hybridized carbons (Fsp3) is 0.235. The van der Waals surface area contributed by atoms with Crippen LogP contribution in [0.5, 0.6) is 0 Å². The maximum absolute atomic E-state index is 10.6. The molecule has 0 heterocycles. The molecule has 0 aromatic heterocycles. The van der Waals surface area contributed by atoms with Crippen LogP contribution in [0, 0.1) is 13.8 Å². The van der Waals surface area contributed by atoms with E-state index in [2.05, 4.69) is 32.0 Å². The van der Waals surface area contributed by atoms with E-state index >= 15 is 0 Å². The minimum absolute atomic E-state index is 0.0853. The van der Waals surface area contributed by atoms with Crippen LogP contribution in [0.4, 0.5) is 0 Å². The molecule has 0 bridgehead atoms. The van der Waals surface area contributed by atoms with Gasteiger partial charge in [-0.15, -0.1) is 11.8 Å². The fourth-order valence-electron chi connectivity index (χ4n) is 1.99. The van der Waals surface area contributed by atoms with Crippen molar-refractivity contribution in [2.45, 2.75) is 30.9 Å². The first-order chi connectivity index (χ1) is 9.54. The fourth-order valence-corrected chi connectivity index (χ4v) is 2.96. The Labute approximate surface area is 123 Å². The van der Waals surface area contributed by atoms with Crippen molar-refractivity contribution in [2.75, 3.05) is 0 Å². The van der Waals surface area contributed by atoms with Crippen LogP contribution in [0.1, 0.15) is 22.3 Å². The third-order valence-corrected chi connectivity index (χ3v) is 4.24. The molecule has 2 aromatic rings. The normalized spacial score (nSPS) is 10.5. The number of hydrogen-bond acceptors (Lipinski definition) is 2. The van der Waals surface area contributed by atoms with Gasteiger partial charge < -0.3 is 5.11 Å². The number of thioether (sulfide) groups is 1. The average Bonchev–Trinajstić information content (AvgIpc) is 2.41. The highest BCUT2D eigenvalue weighted by atomic mass is 32.2. The van der Waals surface area contributed by atoms with Crippen LogP contribution in [0.3, 0.4) is 0 Å². The number of carbonyl (C=O) groups is 1. The lowest BCUT2D eigenvalue weighted by molar-refractivity contribution is -0.136. The van der Waals surface area contributed by atoms with Gasteiger partial charge in [0.1, 0.15) is 0 Å². The van der Waals surface area contributed by atoms with E-state index in [4.69, 9.17) is 5.11 Å². The third kappa shape index (κ3) is 4.14. The highest BCUT2D eigenvalue weighted by Gasteiger charge is 2.03. The minimum Gasteiger partial charge on any atom is -0.481 e. The van der Waals surface area contributed by atoms with E-state index in [1.165, 1.54) is 21.6 Å². The topological polar surface area (TPSA) is 37.3 Å². The summed E-state index contributed by atoms with van der Waals surface area (Å²) < 4.78 is 0. The maximum Gasteiger partial charge on any atom is 0.307 e. The Morgan fingerprint density at radius 3 is 2.45 bits per heavy atom. The van der Waals surface area contributed by atoms with E-state index in [9.17, 15) is 4.79 Å². The Hall–Kier alpha value is -1.74. The molecule has 0 aliphatic carbocycles. The highest BCUT2D eigenvalue weighted by Crippen LogP contribution is 2.25. The zero-order valence-corrected chi connectivity index (χ0v) is 12.5. The molecule has 1 N–H and O–H groups in total. The number of carboxylic acids is 1.